The van der Waals surface area contributed by atoms with Crippen molar-refractivity contribution in [3.05, 3.63) is 99.5 Å². The Hall–Kier alpha value is -3.02. The first-order valence-electron chi connectivity index (χ1n) is 13.7. The van der Waals surface area contributed by atoms with Crippen LogP contribution in [0.3, 0.4) is 0 Å². The van der Waals surface area contributed by atoms with E-state index in [9.17, 15) is 9.59 Å². The summed E-state index contributed by atoms with van der Waals surface area (Å²) < 4.78 is 5.85. The first kappa shape index (κ1) is 29.0. The van der Waals surface area contributed by atoms with E-state index in [1.807, 2.05) is 61.5 Å². The predicted molar refractivity (Wildman–Crippen MR) is 157 cm³/mol. The molecule has 2 amide bonds. The first-order valence-corrected chi connectivity index (χ1v) is 14.4. The van der Waals surface area contributed by atoms with Crippen LogP contribution in [0, 0.1) is 6.92 Å². The van der Waals surface area contributed by atoms with Gasteiger partial charge in [-0.15, -0.1) is 0 Å². The van der Waals surface area contributed by atoms with Crippen molar-refractivity contribution < 1.29 is 14.3 Å². The van der Waals surface area contributed by atoms with Gasteiger partial charge < -0.3 is 15.0 Å². The van der Waals surface area contributed by atoms with Crippen LogP contribution in [0.1, 0.15) is 55.2 Å². The van der Waals surface area contributed by atoms with Gasteiger partial charge in [0.25, 0.3) is 0 Å². The summed E-state index contributed by atoms with van der Waals surface area (Å²) in [6, 6.07) is 22.4. The molecule has 0 aliphatic heterocycles. The summed E-state index contributed by atoms with van der Waals surface area (Å²) in [4.78, 5) is 29.2. The fourth-order valence-electron chi connectivity index (χ4n) is 4.97. The van der Waals surface area contributed by atoms with E-state index in [2.05, 4.69) is 5.32 Å². The minimum Gasteiger partial charge on any atom is -0.494 e. The molecule has 3 aromatic rings. The number of benzene rings is 3. The number of halogens is 2. The summed E-state index contributed by atoms with van der Waals surface area (Å²) in [6.45, 7) is 2.57. The zero-order chi connectivity index (χ0) is 27.6. The molecule has 0 spiro atoms. The van der Waals surface area contributed by atoms with Crippen LogP contribution < -0.4 is 10.1 Å². The number of hydrogen-bond donors (Lipinski definition) is 1. The number of nitrogens with zero attached hydrogens (tertiary/aromatic N) is 1. The predicted octanol–water partition coefficient (Wildman–Crippen LogP) is 7.16. The first-order chi connectivity index (χ1) is 18.9. The van der Waals surface area contributed by atoms with Crippen LogP contribution in [0.5, 0.6) is 5.75 Å². The normalized spacial score (nSPS) is 14.1. The van der Waals surface area contributed by atoms with E-state index in [1.165, 1.54) is 0 Å². The molecule has 39 heavy (non-hydrogen) atoms. The van der Waals surface area contributed by atoms with Gasteiger partial charge in [-0.2, -0.15) is 0 Å². The maximum atomic E-state index is 13.8. The molecule has 1 saturated carbocycles. The average Bonchev–Trinajstić information content (AvgIpc) is 3.44. The number of amides is 2. The van der Waals surface area contributed by atoms with Crippen LogP contribution in [0.2, 0.25) is 10.0 Å². The standard InChI is InChI=1S/C32H36Cl2N2O3/c1-23-16-18-26(19-17-23)39-20-8-15-31(37)36(22-27-28(33)13-7-14-29(27)34)30(21-24-9-3-2-4-10-24)32(38)35-25-11-5-6-12-25/h2-4,7,9-10,13-14,16-19,25,30H,5-6,8,11-12,15,20-22H2,1H3,(H,35,38). The molecule has 1 N–H and O–H groups in total. The smallest absolute Gasteiger partial charge is 0.243 e. The maximum absolute atomic E-state index is 13.8. The minimum atomic E-state index is -0.703. The van der Waals surface area contributed by atoms with Crippen molar-refractivity contribution in [1.82, 2.24) is 10.2 Å². The van der Waals surface area contributed by atoms with Crippen molar-refractivity contribution in [3.63, 3.8) is 0 Å². The monoisotopic (exact) mass is 566 g/mol. The Morgan fingerprint density at radius 2 is 1.62 bits per heavy atom. The summed E-state index contributed by atoms with van der Waals surface area (Å²) in [5, 5.41) is 4.16. The Morgan fingerprint density at radius 1 is 0.949 bits per heavy atom. The molecule has 1 fully saturated rings. The Bertz CT molecular complexity index is 1210. The molecule has 1 unspecified atom stereocenters. The molecule has 1 atom stereocenters. The highest BCUT2D eigenvalue weighted by Crippen LogP contribution is 2.28. The lowest BCUT2D eigenvalue weighted by atomic mass is 10.0. The third-order valence-corrected chi connectivity index (χ3v) is 7.90. The van der Waals surface area contributed by atoms with Crippen molar-refractivity contribution in [2.24, 2.45) is 0 Å². The van der Waals surface area contributed by atoms with Crippen molar-refractivity contribution in [1.29, 1.82) is 0 Å². The number of rotatable bonds is 12. The van der Waals surface area contributed by atoms with E-state index in [1.54, 1.807) is 23.1 Å². The minimum absolute atomic E-state index is 0.138. The molecule has 206 valence electrons. The number of ether oxygens (including phenoxy) is 1. The van der Waals surface area contributed by atoms with Gasteiger partial charge in [0, 0.05) is 41.0 Å². The molecule has 3 aromatic carbocycles. The van der Waals surface area contributed by atoms with Gasteiger partial charge in [0.1, 0.15) is 11.8 Å². The van der Waals surface area contributed by atoms with Gasteiger partial charge >= 0.3 is 0 Å². The zero-order valence-electron chi connectivity index (χ0n) is 22.4. The molecule has 0 heterocycles. The molecule has 4 rings (SSSR count). The zero-order valence-corrected chi connectivity index (χ0v) is 23.9. The van der Waals surface area contributed by atoms with E-state index in [-0.39, 0.29) is 30.8 Å². The van der Waals surface area contributed by atoms with E-state index in [4.69, 9.17) is 27.9 Å². The van der Waals surface area contributed by atoms with Crippen molar-refractivity contribution in [2.45, 2.75) is 70.5 Å². The van der Waals surface area contributed by atoms with E-state index in [0.29, 0.717) is 35.1 Å². The Morgan fingerprint density at radius 3 is 2.28 bits per heavy atom. The molecule has 0 saturated heterocycles. The maximum Gasteiger partial charge on any atom is 0.243 e. The number of carbonyl (C=O) groups is 2. The van der Waals surface area contributed by atoms with Crippen LogP contribution in [0.25, 0.3) is 0 Å². The van der Waals surface area contributed by atoms with Gasteiger partial charge in [-0.1, -0.05) is 90.1 Å². The lowest BCUT2D eigenvalue weighted by molar-refractivity contribution is -0.141. The van der Waals surface area contributed by atoms with Crippen LogP contribution in [-0.2, 0) is 22.6 Å². The SMILES string of the molecule is Cc1ccc(OCCCC(=O)N(Cc2c(Cl)cccc2Cl)C(Cc2ccccc2)C(=O)NC2CCCC2)cc1. The second-order valence-electron chi connectivity index (χ2n) is 10.2. The van der Waals surface area contributed by atoms with Crippen molar-refractivity contribution in [3.8, 4) is 5.75 Å². The van der Waals surface area contributed by atoms with Crippen LogP contribution >= 0.6 is 23.2 Å². The Kier molecular flexibility index (Phi) is 10.7. The molecule has 0 bridgehead atoms. The van der Waals surface area contributed by atoms with E-state index in [0.717, 1.165) is 42.6 Å². The molecule has 1 aliphatic rings. The Labute approximate surface area is 241 Å². The molecular formula is C32H36Cl2N2O3. The van der Waals surface area contributed by atoms with Gasteiger partial charge in [-0.05, 0) is 56.0 Å². The van der Waals surface area contributed by atoms with Gasteiger partial charge in [0.2, 0.25) is 11.8 Å². The molecule has 7 heteroatoms. The van der Waals surface area contributed by atoms with Crippen LogP contribution in [0.15, 0.2) is 72.8 Å². The summed E-state index contributed by atoms with van der Waals surface area (Å²) in [6.07, 6.45) is 5.28. The molecule has 5 nitrogen and oxygen atoms in total. The summed E-state index contributed by atoms with van der Waals surface area (Å²) in [7, 11) is 0. The summed E-state index contributed by atoms with van der Waals surface area (Å²) in [5.74, 6) is 0.491. The third kappa shape index (κ3) is 8.48. The van der Waals surface area contributed by atoms with Gasteiger partial charge in [0.05, 0.1) is 6.61 Å². The van der Waals surface area contributed by atoms with E-state index < -0.39 is 6.04 Å². The molecule has 0 radical (unpaired) electrons. The lowest BCUT2D eigenvalue weighted by Gasteiger charge is -2.33. The fraction of sp³-hybridized carbons (Fsp3) is 0.375. The third-order valence-electron chi connectivity index (χ3n) is 7.19. The molecule has 1 aliphatic carbocycles. The van der Waals surface area contributed by atoms with Crippen LogP contribution in [-0.4, -0.2) is 35.4 Å². The molecule has 0 aromatic heterocycles. The van der Waals surface area contributed by atoms with E-state index >= 15 is 0 Å². The average molecular weight is 568 g/mol. The highest BCUT2D eigenvalue weighted by Gasteiger charge is 2.32. The number of aryl methyl sites for hydroxylation is 1. The Balaban J connectivity index is 1.55. The largest absolute Gasteiger partial charge is 0.494 e. The van der Waals surface area contributed by atoms with Gasteiger partial charge in [-0.3, -0.25) is 9.59 Å². The van der Waals surface area contributed by atoms with Gasteiger partial charge in [-0.25, -0.2) is 0 Å². The second kappa shape index (κ2) is 14.4. The van der Waals surface area contributed by atoms with Crippen LogP contribution in [0.4, 0.5) is 0 Å². The quantitative estimate of drug-likeness (QED) is 0.236. The van der Waals surface area contributed by atoms with Crippen molar-refractivity contribution in [2.75, 3.05) is 6.61 Å². The number of nitrogens with one attached hydrogen (secondary N) is 1. The summed E-state index contributed by atoms with van der Waals surface area (Å²) in [5.41, 5.74) is 2.78. The van der Waals surface area contributed by atoms with Gasteiger partial charge in [0.15, 0.2) is 0 Å². The number of hydrogen-bond acceptors (Lipinski definition) is 3. The summed E-state index contributed by atoms with van der Waals surface area (Å²) >= 11 is 13.0. The number of carbonyl (C=O) groups excluding carboxylic acids is 2. The fourth-order valence-corrected chi connectivity index (χ4v) is 5.48. The lowest BCUT2D eigenvalue weighted by Crippen LogP contribution is -2.52. The van der Waals surface area contributed by atoms with Crippen molar-refractivity contribution >= 4 is 35.0 Å². The topological polar surface area (TPSA) is 58.6 Å². The second-order valence-corrected chi connectivity index (χ2v) is 11.0. The molecular weight excluding hydrogens is 531 g/mol. The highest BCUT2D eigenvalue weighted by atomic mass is 35.5. The highest BCUT2D eigenvalue weighted by molar-refractivity contribution is 6.36.